The number of nitrogens with one attached hydrogen (secondary N) is 1. The fourth-order valence-electron chi connectivity index (χ4n) is 1.84. The summed E-state index contributed by atoms with van der Waals surface area (Å²) in [6.07, 6.45) is 1.46. The van der Waals surface area contributed by atoms with Crippen LogP contribution < -0.4 is 10.1 Å². The van der Waals surface area contributed by atoms with Crippen LogP contribution in [-0.2, 0) is 4.79 Å². The van der Waals surface area contributed by atoms with Gasteiger partial charge in [-0.05, 0) is 44.2 Å². The van der Waals surface area contributed by atoms with Crippen LogP contribution in [0.2, 0.25) is 0 Å². The van der Waals surface area contributed by atoms with Crippen LogP contribution in [0.3, 0.4) is 0 Å². The summed E-state index contributed by atoms with van der Waals surface area (Å²) in [5, 5.41) is 15.4. The molecule has 1 aromatic heterocycles. The van der Waals surface area contributed by atoms with E-state index in [4.69, 9.17) is 9.84 Å². The number of anilines is 1. The topological polar surface area (TPSA) is 93.5 Å². The summed E-state index contributed by atoms with van der Waals surface area (Å²) in [5.41, 5.74) is 0.534. The van der Waals surface area contributed by atoms with E-state index in [1.165, 1.54) is 16.9 Å². The van der Waals surface area contributed by atoms with Gasteiger partial charge in [-0.25, -0.2) is 4.79 Å². The van der Waals surface area contributed by atoms with Crippen molar-refractivity contribution in [2.24, 2.45) is 0 Å². The van der Waals surface area contributed by atoms with Crippen LogP contribution in [-0.4, -0.2) is 33.4 Å². The summed E-state index contributed by atoms with van der Waals surface area (Å²) in [7, 11) is 0. The number of hydrogen-bond acceptors (Lipinski definition) is 4. The molecule has 0 aliphatic heterocycles. The number of aromatic nitrogens is 2. The maximum atomic E-state index is 12.2. The first-order chi connectivity index (χ1) is 10.5. The van der Waals surface area contributed by atoms with Crippen LogP contribution in [0.1, 0.15) is 30.4 Å². The molecule has 2 N–H and O–H groups in total. The Morgan fingerprint density at radius 1 is 1.32 bits per heavy atom. The maximum absolute atomic E-state index is 12.2. The van der Waals surface area contributed by atoms with E-state index < -0.39 is 12.0 Å². The lowest BCUT2D eigenvalue weighted by molar-refractivity contribution is -0.119. The van der Waals surface area contributed by atoms with E-state index in [9.17, 15) is 9.59 Å². The van der Waals surface area contributed by atoms with Gasteiger partial charge in [-0.1, -0.05) is 0 Å². The predicted octanol–water partition coefficient (Wildman–Crippen LogP) is 2.18. The zero-order chi connectivity index (χ0) is 16.1. The summed E-state index contributed by atoms with van der Waals surface area (Å²) in [4.78, 5) is 22.9. The highest BCUT2D eigenvalue weighted by molar-refractivity contribution is 5.93. The molecule has 116 valence electrons. The molecule has 7 heteroatoms. The molecule has 7 nitrogen and oxygen atoms in total. The highest BCUT2D eigenvalue weighted by Crippen LogP contribution is 2.17. The number of aromatic carboxylic acids is 1. The summed E-state index contributed by atoms with van der Waals surface area (Å²) >= 11 is 0. The van der Waals surface area contributed by atoms with E-state index in [1.807, 2.05) is 6.92 Å². The van der Waals surface area contributed by atoms with Crippen LogP contribution in [0.15, 0.2) is 36.5 Å². The van der Waals surface area contributed by atoms with Gasteiger partial charge in [0.05, 0.1) is 6.61 Å². The average molecular weight is 303 g/mol. The molecule has 0 aliphatic carbocycles. The van der Waals surface area contributed by atoms with Crippen molar-refractivity contribution in [2.75, 3.05) is 11.9 Å². The fraction of sp³-hybridized carbons (Fsp3) is 0.267. The second-order valence-corrected chi connectivity index (χ2v) is 4.61. The standard InChI is InChI=1S/C15H17N3O4/c1-3-22-12-6-4-11(5-7-12)16-14(19)10(2)18-9-8-13(17-18)15(20)21/h4-10H,3H2,1-2H3,(H,16,19)(H,20,21). The third-order valence-electron chi connectivity index (χ3n) is 3.04. The van der Waals surface area contributed by atoms with Crippen LogP contribution in [0.5, 0.6) is 5.75 Å². The van der Waals surface area contributed by atoms with Crippen molar-refractivity contribution in [2.45, 2.75) is 19.9 Å². The molecule has 0 spiro atoms. The number of carbonyl (C=O) groups is 2. The van der Waals surface area contributed by atoms with E-state index in [1.54, 1.807) is 31.2 Å². The van der Waals surface area contributed by atoms with E-state index >= 15 is 0 Å². The molecule has 0 saturated carbocycles. The van der Waals surface area contributed by atoms with Crippen molar-refractivity contribution in [3.63, 3.8) is 0 Å². The molecule has 0 saturated heterocycles. The van der Waals surface area contributed by atoms with E-state index in [0.717, 1.165) is 5.75 Å². The smallest absolute Gasteiger partial charge is 0.356 e. The van der Waals surface area contributed by atoms with E-state index in [2.05, 4.69) is 10.4 Å². The molecule has 22 heavy (non-hydrogen) atoms. The van der Waals surface area contributed by atoms with Gasteiger partial charge in [-0.3, -0.25) is 9.48 Å². The fourth-order valence-corrected chi connectivity index (χ4v) is 1.84. The SMILES string of the molecule is CCOc1ccc(NC(=O)C(C)n2ccc(C(=O)O)n2)cc1. The van der Waals surface area contributed by atoms with Crippen LogP contribution >= 0.6 is 0 Å². The van der Waals surface area contributed by atoms with Gasteiger partial charge < -0.3 is 15.2 Å². The number of ether oxygens (including phenoxy) is 1. The number of benzene rings is 1. The van der Waals surface area contributed by atoms with Gasteiger partial charge in [0.15, 0.2) is 5.69 Å². The van der Waals surface area contributed by atoms with Gasteiger partial charge in [0.25, 0.3) is 0 Å². The highest BCUT2D eigenvalue weighted by Gasteiger charge is 2.17. The van der Waals surface area contributed by atoms with E-state index in [0.29, 0.717) is 12.3 Å². The van der Waals surface area contributed by atoms with Crippen molar-refractivity contribution in [3.05, 3.63) is 42.2 Å². The number of nitrogens with zero attached hydrogens (tertiary/aromatic N) is 2. The van der Waals surface area contributed by atoms with Crippen molar-refractivity contribution in [3.8, 4) is 5.75 Å². The molecule has 2 aromatic rings. The normalized spacial score (nSPS) is 11.7. The molecule has 1 atom stereocenters. The van der Waals surface area contributed by atoms with Gasteiger partial charge in [0, 0.05) is 11.9 Å². The molecule has 1 aromatic carbocycles. The van der Waals surface area contributed by atoms with Crippen LogP contribution in [0.25, 0.3) is 0 Å². The van der Waals surface area contributed by atoms with Gasteiger partial charge in [0.1, 0.15) is 11.8 Å². The molecular formula is C15H17N3O4. The maximum Gasteiger partial charge on any atom is 0.356 e. The highest BCUT2D eigenvalue weighted by atomic mass is 16.5. The van der Waals surface area contributed by atoms with E-state index in [-0.39, 0.29) is 11.6 Å². The lowest BCUT2D eigenvalue weighted by Gasteiger charge is -2.13. The number of amides is 1. The monoisotopic (exact) mass is 303 g/mol. The summed E-state index contributed by atoms with van der Waals surface area (Å²) in [5.74, 6) is -0.686. The largest absolute Gasteiger partial charge is 0.494 e. The molecular weight excluding hydrogens is 286 g/mol. The van der Waals surface area contributed by atoms with Crippen molar-refractivity contribution < 1.29 is 19.4 Å². The first kappa shape index (κ1) is 15.6. The molecule has 2 rings (SSSR count). The van der Waals surface area contributed by atoms with Gasteiger partial charge in [-0.2, -0.15) is 5.10 Å². The van der Waals surface area contributed by atoms with Crippen LogP contribution in [0, 0.1) is 0 Å². The number of rotatable bonds is 6. The first-order valence-electron chi connectivity index (χ1n) is 6.83. The minimum absolute atomic E-state index is 0.0966. The third-order valence-corrected chi connectivity index (χ3v) is 3.04. The lowest BCUT2D eigenvalue weighted by atomic mass is 10.2. The minimum atomic E-state index is -1.13. The number of hydrogen-bond donors (Lipinski definition) is 2. The van der Waals surface area contributed by atoms with Crippen molar-refractivity contribution >= 4 is 17.6 Å². The number of carboxylic acid groups (broad SMARTS) is 1. The Hall–Kier alpha value is -2.83. The van der Waals surface area contributed by atoms with Gasteiger partial charge >= 0.3 is 5.97 Å². The van der Waals surface area contributed by atoms with Crippen molar-refractivity contribution in [1.29, 1.82) is 0 Å². The summed E-state index contributed by atoms with van der Waals surface area (Å²) in [6, 6.07) is 7.73. The average Bonchev–Trinajstić information content (AvgIpc) is 2.99. The lowest BCUT2D eigenvalue weighted by Crippen LogP contribution is -2.24. The Morgan fingerprint density at radius 3 is 2.55 bits per heavy atom. The Kier molecular flexibility index (Phi) is 4.77. The van der Waals surface area contributed by atoms with Crippen LogP contribution in [0.4, 0.5) is 5.69 Å². The van der Waals surface area contributed by atoms with Crippen molar-refractivity contribution in [1.82, 2.24) is 9.78 Å². The third kappa shape index (κ3) is 3.63. The molecule has 0 aliphatic rings. The second-order valence-electron chi connectivity index (χ2n) is 4.61. The molecule has 0 fully saturated rings. The van der Waals surface area contributed by atoms with Gasteiger partial charge in [0.2, 0.25) is 5.91 Å². The second kappa shape index (κ2) is 6.75. The Balaban J connectivity index is 2.02. The predicted molar refractivity (Wildman–Crippen MR) is 80.1 cm³/mol. The van der Waals surface area contributed by atoms with Gasteiger partial charge in [-0.15, -0.1) is 0 Å². The molecule has 1 amide bonds. The number of carboxylic acids is 1. The zero-order valence-corrected chi connectivity index (χ0v) is 12.3. The summed E-state index contributed by atoms with van der Waals surface area (Å²) < 4.78 is 6.64. The molecule has 0 bridgehead atoms. The molecule has 1 heterocycles. The first-order valence-corrected chi connectivity index (χ1v) is 6.83. The minimum Gasteiger partial charge on any atom is -0.494 e. The Morgan fingerprint density at radius 2 is 2.00 bits per heavy atom. The molecule has 1 unspecified atom stereocenters. The summed E-state index contributed by atoms with van der Waals surface area (Å²) in [6.45, 7) is 4.11. The quantitative estimate of drug-likeness (QED) is 0.853. The number of carbonyl (C=O) groups excluding carboxylic acids is 1. The Bertz CT molecular complexity index is 664. The Labute approximate surface area is 127 Å². The zero-order valence-electron chi connectivity index (χ0n) is 12.3. The molecule has 0 radical (unpaired) electrons.